The van der Waals surface area contributed by atoms with Gasteiger partial charge in [0.1, 0.15) is 0 Å². The number of hydrogen-bond donors (Lipinski definition) is 2. The van der Waals surface area contributed by atoms with Gasteiger partial charge in [-0.2, -0.15) is 0 Å². The van der Waals surface area contributed by atoms with Crippen molar-refractivity contribution in [2.45, 2.75) is 11.0 Å². The van der Waals surface area contributed by atoms with Gasteiger partial charge in [0.25, 0.3) is 0 Å². The second kappa shape index (κ2) is 7.92. The predicted octanol–water partition coefficient (Wildman–Crippen LogP) is 0.965. The van der Waals surface area contributed by atoms with E-state index >= 15 is 0 Å². The average Bonchev–Trinajstić information content (AvgIpc) is 2.49. The summed E-state index contributed by atoms with van der Waals surface area (Å²) in [6.45, 7) is 3.05. The number of sulfonamides is 1. The standard InChI is InChI=1S/C13H18Cl2N2O4S/c14-12-2-1-11(7-13(12)15)22(19,20)16-8-10(18)9-17-3-5-21-6-4-17/h1-2,7,10,16,18H,3-6,8-9H2. The van der Waals surface area contributed by atoms with Gasteiger partial charge in [-0.05, 0) is 18.2 Å². The van der Waals surface area contributed by atoms with Crippen molar-refractivity contribution in [3.05, 3.63) is 28.2 Å². The fraction of sp³-hybridized carbons (Fsp3) is 0.538. The van der Waals surface area contributed by atoms with E-state index in [0.717, 1.165) is 13.1 Å². The smallest absolute Gasteiger partial charge is 0.240 e. The van der Waals surface area contributed by atoms with E-state index in [2.05, 4.69) is 4.72 Å². The summed E-state index contributed by atoms with van der Waals surface area (Å²) in [5.41, 5.74) is 0. The van der Waals surface area contributed by atoms with Crippen molar-refractivity contribution in [1.82, 2.24) is 9.62 Å². The number of hydrogen-bond acceptors (Lipinski definition) is 5. The van der Waals surface area contributed by atoms with Gasteiger partial charge < -0.3 is 9.84 Å². The second-order valence-corrected chi connectivity index (χ2v) is 7.58. The third-order valence-corrected chi connectivity index (χ3v) is 5.44. The number of ether oxygens (including phenoxy) is 1. The first-order chi connectivity index (χ1) is 10.4. The second-order valence-electron chi connectivity index (χ2n) is 4.99. The van der Waals surface area contributed by atoms with E-state index < -0.39 is 16.1 Å². The van der Waals surface area contributed by atoms with Crippen molar-refractivity contribution in [3.8, 4) is 0 Å². The minimum absolute atomic E-state index is 0.0143. The maximum atomic E-state index is 12.1. The summed E-state index contributed by atoms with van der Waals surface area (Å²) in [6.07, 6.45) is -0.796. The van der Waals surface area contributed by atoms with Crippen LogP contribution in [0.1, 0.15) is 0 Å². The lowest BCUT2D eigenvalue weighted by atomic mass is 10.3. The number of morpholine rings is 1. The Morgan fingerprint density at radius 3 is 2.59 bits per heavy atom. The number of aliphatic hydroxyl groups is 1. The zero-order valence-corrected chi connectivity index (χ0v) is 14.2. The van der Waals surface area contributed by atoms with Crippen LogP contribution in [0.4, 0.5) is 0 Å². The van der Waals surface area contributed by atoms with Crippen LogP contribution in [0.3, 0.4) is 0 Å². The molecule has 1 aromatic rings. The van der Waals surface area contributed by atoms with Gasteiger partial charge in [0.05, 0.1) is 34.3 Å². The summed E-state index contributed by atoms with van der Waals surface area (Å²) < 4.78 is 31.9. The highest BCUT2D eigenvalue weighted by molar-refractivity contribution is 7.89. The lowest BCUT2D eigenvalue weighted by Crippen LogP contribution is -2.44. The summed E-state index contributed by atoms with van der Waals surface area (Å²) in [5, 5.41) is 10.4. The van der Waals surface area contributed by atoms with E-state index in [1.54, 1.807) is 0 Å². The molecule has 124 valence electrons. The third kappa shape index (κ3) is 5.06. The average molecular weight is 369 g/mol. The molecule has 22 heavy (non-hydrogen) atoms. The third-order valence-electron chi connectivity index (χ3n) is 3.28. The van der Waals surface area contributed by atoms with Gasteiger partial charge in [-0.25, -0.2) is 13.1 Å². The van der Waals surface area contributed by atoms with Crippen molar-refractivity contribution >= 4 is 33.2 Å². The lowest BCUT2D eigenvalue weighted by molar-refractivity contribution is 0.0158. The zero-order valence-electron chi connectivity index (χ0n) is 11.8. The van der Waals surface area contributed by atoms with Gasteiger partial charge in [0.2, 0.25) is 10.0 Å². The molecule has 1 heterocycles. The molecule has 0 amide bonds. The molecule has 1 saturated heterocycles. The van der Waals surface area contributed by atoms with Crippen molar-refractivity contribution in [2.24, 2.45) is 0 Å². The molecule has 0 saturated carbocycles. The molecule has 6 nitrogen and oxygen atoms in total. The van der Waals surface area contributed by atoms with Gasteiger partial charge in [-0.1, -0.05) is 23.2 Å². The zero-order chi connectivity index (χ0) is 16.2. The van der Waals surface area contributed by atoms with E-state index in [1.165, 1.54) is 18.2 Å². The first kappa shape index (κ1) is 17.9. The maximum absolute atomic E-state index is 12.1. The summed E-state index contributed by atoms with van der Waals surface area (Å²) in [4.78, 5) is 2.04. The Bertz CT molecular complexity index is 606. The van der Waals surface area contributed by atoms with Crippen LogP contribution in [0, 0.1) is 0 Å². The van der Waals surface area contributed by atoms with E-state index in [4.69, 9.17) is 27.9 Å². The molecular formula is C13H18Cl2N2O4S. The molecule has 1 aromatic carbocycles. The molecule has 9 heteroatoms. The Kier molecular flexibility index (Phi) is 6.46. The van der Waals surface area contributed by atoms with Gasteiger partial charge in [-0.3, -0.25) is 4.90 Å². The number of nitrogens with one attached hydrogen (secondary N) is 1. The van der Waals surface area contributed by atoms with Crippen molar-refractivity contribution in [3.63, 3.8) is 0 Å². The summed E-state index contributed by atoms with van der Waals surface area (Å²) in [7, 11) is -3.73. The van der Waals surface area contributed by atoms with Crippen LogP contribution in [-0.2, 0) is 14.8 Å². The Labute approximate surface area is 140 Å². The van der Waals surface area contributed by atoms with Gasteiger partial charge in [0.15, 0.2) is 0 Å². The Balaban J connectivity index is 1.89. The SMILES string of the molecule is O=S(=O)(NCC(O)CN1CCOCC1)c1ccc(Cl)c(Cl)c1. The summed E-state index contributed by atoms with van der Waals surface area (Å²) in [5.74, 6) is 0. The molecular weight excluding hydrogens is 351 g/mol. The number of rotatable bonds is 6. The van der Waals surface area contributed by atoms with Crippen LogP contribution < -0.4 is 4.72 Å². The van der Waals surface area contributed by atoms with Crippen LogP contribution in [-0.4, -0.2) is 63.9 Å². The molecule has 1 fully saturated rings. The maximum Gasteiger partial charge on any atom is 0.240 e. The highest BCUT2D eigenvalue weighted by atomic mass is 35.5. The number of β-amino-alcohol motifs (C(OH)–C–C–N with tert-alkyl or cyclic N) is 1. The Morgan fingerprint density at radius 1 is 1.27 bits per heavy atom. The van der Waals surface area contributed by atoms with Crippen LogP contribution in [0.25, 0.3) is 0 Å². The molecule has 2 rings (SSSR count). The van der Waals surface area contributed by atoms with Crippen LogP contribution in [0.5, 0.6) is 0 Å². The van der Waals surface area contributed by atoms with Crippen molar-refractivity contribution in [1.29, 1.82) is 0 Å². The van der Waals surface area contributed by atoms with Crippen molar-refractivity contribution < 1.29 is 18.3 Å². The van der Waals surface area contributed by atoms with Crippen LogP contribution in [0.2, 0.25) is 10.0 Å². The molecule has 1 aliphatic rings. The molecule has 0 aliphatic carbocycles. The van der Waals surface area contributed by atoms with Crippen LogP contribution >= 0.6 is 23.2 Å². The molecule has 1 aliphatic heterocycles. The minimum atomic E-state index is -3.73. The van der Waals surface area contributed by atoms with E-state index in [9.17, 15) is 13.5 Å². The lowest BCUT2D eigenvalue weighted by Gasteiger charge is -2.28. The number of benzene rings is 1. The highest BCUT2D eigenvalue weighted by Gasteiger charge is 2.19. The first-order valence-electron chi connectivity index (χ1n) is 6.81. The minimum Gasteiger partial charge on any atom is -0.390 e. The summed E-state index contributed by atoms with van der Waals surface area (Å²) >= 11 is 11.6. The molecule has 0 radical (unpaired) electrons. The number of halogens is 2. The quantitative estimate of drug-likeness (QED) is 0.781. The number of aliphatic hydroxyl groups excluding tert-OH is 1. The monoisotopic (exact) mass is 368 g/mol. The van der Waals surface area contributed by atoms with Crippen molar-refractivity contribution in [2.75, 3.05) is 39.4 Å². The molecule has 1 atom stereocenters. The van der Waals surface area contributed by atoms with E-state index in [1.807, 2.05) is 4.90 Å². The Morgan fingerprint density at radius 2 is 1.95 bits per heavy atom. The van der Waals surface area contributed by atoms with Crippen LogP contribution in [0.15, 0.2) is 23.1 Å². The molecule has 1 unspecified atom stereocenters. The van der Waals surface area contributed by atoms with E-state index in [-0.39, 0.29) is 21.5 Å². The summed E-state index contributed by atoms with van der Waals surface area (Å²) in [6, 6.07) is 4.06. The fourth-order valence-corrected chi connectivity index (χ4v) is 3.54. The highest BCUT2D eigenvalue weighted by Crippen LogP contribution is 2.24. The first-order valence-corrected chi connectivity index (χ1v) is 9.05. The number of nitrogens with zero attached hydrogens (tertiary/aromatic N) is 1. The largest absolute Gasteiger partial charge is 0.390 e. The predicted molar refractivity (Wildman–Crippen MR) is 84.9 cm³/mol. The normalized spacial score (nSPS) is 18.3. The fourth-order valence-electron chi connectivity index (χ4n) is 2.08. The molecule has 2 N–H and O–H groups in total. The topological polar surface area (TPSA) is 78.9 Å². The Hall–Kier alpha value is -0.410. The molecule has 0 bridgehead atoms. The van der Waals surface area contributed by atoms with Gasteiger partial charge in [-0.15, -0.1) is 0 Å². The molecule has 0 spiro atoms. The van der Waals surface area contributed by atoms with Gasteiger partial charge >= 0.3 is 0 Å². The molecule has 0 aromatic heterocycles. The van der Waals surface area contributed by atoms with E-state index in [0.29, 0.717) is 19.8 Å². The van der Waals surface area contributed by atoms with Gasteiger partial charge in [0, 0.05) is 26.2 Å².